The fourth-order valence-electron chi connectivity index (χ4n) is 5.85. The zero-order valence-corrected chi connectivity index (χ0v) is 23.0. The number of benzene rings is 3. The number of aryl methyl sites for hydroxylation is 1. The molecule has 0 radical (unpaired) electrons. The highest BCUT2D eigenvalue weighted by Crippen LogP contribution is 2.36. The number of ether oxygens (including phenoxy) is 2. The van der Waals surface area contributed by atoms with Crippen molar-refractivity contribution in [2.24, 2.45) is 5.92 Å². The summed E-state index contributed by atoms with van der Waals surface area (Å²) < 4.78 is 41.2. The van der Waals surface area contributed by atoms with Crippen molar-refractivity contribution in [2.75, 3.05) is 37.7 Å². The van der Waals surface area contributed by atoms with Crippen LogP contribution < -0.4 is 22.0 Å². The quantitative estimate of drug-likeness (QED) is 0.299. The Hall–Kier alpha value is -3.16. The molecule has 0 unspecified atom stereocenters. The second kappa shape index (κ2) is 12.8. The Morgan fingerprint density at radius 1 is 1.00 bits per heavy atom. The number of carbonyl (C=O) groups excluding carboxylic acids is 1. The lowest BCUT2D eigenvalue weighted by atomic mass is 9.83. The highest BCUT2D eigenvalue weighted by Gasteiger charge is 2.47. The van der Waals surface area contributed by atoms with Gasteiger partial charge >= 0.3 is 6.09 Å². The molecule has 0 aromatic heterocycles. The molecule has 3 aliphatic rings. The van der Waals surface area contributed by atoms with Crippen LogP contribution in [0.25, 0.3) is 0 Å². The van der Waals surface area contributed by atoms with Crippen LogP contribution in [0.4, 0.5) is 19.3 Å². The van der Waals surface area contributed by atoms with Crippen molar-refractivity contribution in [2.45, 2.75) is 38.8 Å². The minimum Gasteiger partial charge on any atom is -1.00 e. The van der Waals surface area contributed by atoms with Crippen LogP contribution in [0.3, 0.4) is 0 Å². The summed E-state index contributed by atoms with van der Waals surface area (Å²) in [4.78, 5) is 14.8. The van der Waals surface area contributed by atoms with Gasteiger partial charge in [0.1, 0.15) is 23.9 Å². The third kappa shape index (κ3) is 7.08. The van der Waals surface area contributed by atoms with Crippen molar-refractivity contribution >= 4 is 11.8 Å². The first kappa shape index (κ1) is 28.8. The molecule has 3 aliphatic heterocycles. The maximum Gasteiger partial charge on any atom is 0.415 e. The van der Waals surface area contributed by atoms with Gasteiger partial charge in [0.05, 0.1) is 38.5 Å². The molecule has 3 aromatic rings. The highest BCUT2D eigenvalue weighted by molar-refractivity contribution is 5.87. The third-order valence-electron chi connectivity index (χ3n) is 7.95. The van der Waals surface area contributed by atoms with Crippen LogP contribution >= 0.6 is 0 Å². The van der Waals surface area contributed by atoms with Crippen LogP contribution in [0.2, 0.25) is 0 Å². The van der Waals surface area contributed by atoms with E-state index in [1.165, 1.54) is 28.7 Å². The molecule has 39 heavy (non-hydrogen) atoms. The molecule has 5 nitrogen and oxygen atoms in total. The zero-order chi connectivity index (χ0) is 26.5. The number of rotatable bonds is 9. The molecule has 3 saturated heterocycles. The number of hydrogen-bond donors (Lipinski definition) is 0. The first-order chi connectivity index (χ1) is 18.4. The maximum atomic E-state index is 14.7. The van der Waals surface area contributed by atoms with E-state index in [9.17, 15) is 13.6 Å². The van der Waals surface area contributed by atoms with Gasteiger partial charge in [0.2, 0.25) is 0 Å². The first-order valence-electron chi connectivity index (χ1n) is 13.4. The molecular formula is C31H35ClF2N2O3. The van der Waals surface area contributed by atoms with E-state index in [2.05, 4.69) is 13.0 Å². The minimum atomic E-state index is -0.570. The van der Waals surface area contributed by atoms with Gasteiger partial charge in [-0.3, -0.25) is 4.90 Å². The fraction of sp³-hybridized carbons (Fsp3) is 0.387. The molecule has 208 valence electrons. The van der Waals surface area contributed by atoms with Gasteiger partial charge in [-0.25, -0.2) is 13.6 Å². The number of nitrogens with zero attached hydrogens (tertiary/aromatic N) is 2. The standard InChI is InChI=1S/C31H35F2N2O3.ClH/c1-23-6-4-7-27(20-23)37-19-5-16-35-17-14-25(15-18-35)30(22-35)38-31(36)34(29-9-3-2-8-28(29)33)21-24-10-12-26(32)13-11-24;/h2-4,6-13,20,25,30H,5,14-19,21-22H2,1H3;1H/q+1;/p-1/t25?,30-,35?;/m0./s1. The van der Waals surface area contributed by atoms with Crippen molar-refractivity contribution in [3.8, 4) is 5.75 Å². The summed E-state index contributed by atoms with van der Waals surface area (Å²) in [6, 6.07) is 20.1. The number of para-hydroxylation sites is 1. The number of quaternary nitrogens is 1. The molecule has 3 heterocycles. The zero-order valence-electron chi connectivity index (χ0n) is 22.2. The largest absolute Gasteiger partial charge is 1.00 e. The number of carbonyl (C=O) groups is 1. The maximum absolute atomic E-state index is 14.7. The molecule has 1 amide bonds. The fourth-order valence-corrected chi connectivity index (χ4v) is 5.85. The van der Waals surface area contributed by atoms with Gasteiger partial charge in [0.25, 0.3) is 0 Å². The smallest absolute Gasteiger partial charge is 0.415 e. The van der Waals surface area contributed by atoms with E-state index < -0.39 is 11.9 Å². The number of anilines is 1. The van der Waals surface area contributed by atoms with Gasteiger partial charge in [0.15, 0.2) is 6.10 Å². The van der Waals surface area contributed by atoms with Crippen LogP contribution in [0.5, 0.6) is 5.75 Å². The van der Waals surface area contributed by atoms with Gasteiger partial charge in [-0.15, -0.1) is 0 Å². The highest BCUT2D eigenvalue weighted by atomic mass is 35.5. The van der Waals surface area contributed by atoms with E-state index in [0.29, 0.717) is 18.1 Å². The van der Waals surface area contributed by atoms with E-state index in [1.54, 1.807) is 30.3 Å². The summed E-state index contributed by atoms with van der Waals surface area (Å²) in [5, 5.41) is 0. The van der Waals surface area contributed by atoms with Gasteiger partial charge < -0.3 is 26.4 Å². The molecule has 0 aliphatic carbocycles. The van der Waals surface area contributed by atoms with Crippen molar-refractivity contribution in [3.63, 3.8) is 0 Å². The SMILES string of the molecule is Cc1cccc(OCCC[N+]23CCC(CC2)[C@@H](OC(=O)N(Cc2ccc(F)cc2)c2ccccc2F)C3)c1.[Cl-]. The summed E-state index contributed by atoms with van der Waals surface area (Å²) in [7, 11) is 0. The van der Waals surface area contributed by atoms with Gasteiger partial charge in [0, 0.05) is 25.2 Å². The summed E-state index contributed by atoms with van der Waals surface area (Å²) >= 11 is 0. The Morgan fingerprint density at radius 2 is 1.74 bits per heavy atom. The Bertz CT molecular complexity index is 1250. The molecule has 3 aromatic carbocycles. The monoisotopic (exact) mass is 556 g/mol. The number of halogens is 3. The first-order valence-corrected chi connectivity index (χ1v) is 13.4. The average molecular weight is 557 g/mol. The normalized spacial score (nSPS) is 21.6. The molecular weight excluding hydrogens is 522 g/mol. The van der Waals surface area contributed by atoms with Crippen molar-refractivity contribution < 1.29 is 39.9 Å². The Balaban J connectivity index is 0.00000353. The summed E-state index contributed by atoms with van der Waals surface area (Å²) in [5.41, 5.74) is 2.02. The number of hydrogen-bond acceptors (Lipinski definition) is 3. The van der Waals surface area contributed by atoms with Gasteiger partial charge in [-0.2, -0.15) is 0 Å². The third-order valence-corrected chi connectivity index (χ3v) is 7.95. The van der Waals surface area contributed by atoms with E-state index in [0.717, 1.165) is 55.7 Å². The van der Waals surface area contributed by atoms with Gasteiger partial charge in [-0.05, 0) is 54.4 Å². The van der Waals surface area contributed by atoms with Crippen LogP contribution in [-0.2, 0) is 11.3 Å². The minimum absolute atomic E-state index is 0. The average Bonchev–Trinajstić information content (AvgIpc) is 2.92. The lowest BCUT2D eigenvalue weighted by molar-refractivity contribution is -0.946. The topological polar surface area (TPSA) is 38.8 Å². The Labute approximate surface area is 235 Å². The van der Waals surface area contributed by atoms with E-state index in [-0.39, 0.29) is 36.6 Å². The van der Waals surface area contributed by atoms with E-state index >= 15 is 0 Å². The molecule has 1 atom stereocenters. The van der Waals surface area contributed by atoms with E-state index in [4.69, 9.17) is 9.47 Å². The molecule has 0 saturated carbocycles. The molecule has 8 heteroatoms. The van der Waals surface area contributed by atoms with Crippen molar-refractivity contribution in [1.29, 1.82) is 0 Å². The predicted molar refractivity (Wildman–Crippen MR) is 143 cm³/mol. The van der Waals surface area contributed by atoms with Crippen LogP contribution in [0, 0.1) is 24.5 Å². The number of piperidine rings is 3. The Kier molecular flexibility index (Phi) is 9.46. The van der Waals surface area contributed by atoms with Gasteiger partial charge in [-0.1, -0.05) is 36.4 Å². The van der Waals surface area contributed by atoms with Crippen LogP contribution in [-0.4, -0.2) is 49.5 Å². The second-order valence-corrected chi connectivity index (χ2v) is 10.6. The lowest BCUT2D eigenvalue weighted by Gasteiger charge is -2.52. The van der Waals surface area contributed by atoms with Crippen LogP contribution in [0.15, 0.2) is 72.8 Å². The predicted octanol–water partition coefficient (Wildman–Crippen LogP) is 3.50. The van der Waals surface area contributed by atoms with Crippen LogP contribution in [0.1, 0.15) is 30.4 Å². The molecule has 0 spiro atoms. The summed E-state index contributed by atoms with van der Waals surface area (Å²) in [6.07, 6.45) is 2.15. The van der Waals surface area contributed by atoms with Crippen molar-refractivity contribution in [3.05, 3.63) is 95.6 Å². The molecule has 0 N–H and O–H groups in total. The molecule has 6 rings (SSSR count). The summed E-state index contributed by atoms with van der Waals surface area (Å²) in [5.74, 6) is 0.344. The lowest BCUT2D eigenvalue weighted by Crippen LogP contribution is -3.00. The van der Waals surface area contributed by atoms with E-state index in [1.807, 2.05) is 18.2 Å². The van der Waals surface area contributed by atoms with Crippen molar-refractivity contribution in [1.82, 2.24) is 0 Å². The number of amides is 1. The Morgan fingerprint density at radius 3 is 2.46 bits per heavy atom. The summed E-state index contributed by atoms with van der Waals surface area (Å²) in [6.45, 7) is 6.69. The second-order valence-electron chi connectivity index (χ2n) is 10.6. The molecule has 2 bridgehead atoms. The molecule has 3 fully saturated rings. The number of fused-ring (bicyclic) bond motifs is 3.